The van der Waals surface area contributed by atoms with Crippen LogP contribution >= 0.6 is 11.3 Å². The minimum Gasteiger partial charge on any atom is -0.488 e. The van der Waals surface area contributed by atoms with E-state index in [1.165, 1.54) is 0 Å². The number of aliphatic hydroxyl groups excluding tert-OH is 1. The fourth-order valence-electron chi connectivity index (χ4n) is 4.05. The second kappa shape index (κ2) is 8.26. The van der Waals surface area contributed by atoms with Gasteiger partial charge in [0.2, 0.25) is 0 Å². The highest BCUT2D eigenvalue weighted by molar-refractivity contribution is 7.09. The number of fused-ring (bicyclic) bond motifs is 1. The summed E-state index contributed by atoms with van der Waals surface area (Å²) >= 11 is 1.57. The van der Waals surface area contributed by atoms with Gasteiger partial charge in [-0.05, 0) is 50.8 Å². The summed E-state index contributed by atoms with van der Waals surface area (Å²) in [7, 11) is 0. The van der Waals surface area contributed by atoms with E-state index >= 15 is 0 Å². The molecule has 0 radical (unpaired) electrons. The van der Waals surface area contributed by atoms with Gasteiger partial charge in [-0.15, -0.1) is 11.3 Å². The van der Waals surface area contributed by atoms with E-state index in [-0.39, 0.29) is 18.4 Å². The zero-order chi connectivity index (χ0) is 21.4. The van der Waals surface area contributed by atoms with Gasteiger partial charge in [0, 0.05) is 24.5 Å². The van der Waals surface area contributed by atoms with Gasteiger partial charge in [0.05, 0.1) is 33.8 Å². The van der Waals surface area contributed by atoms with Crippen molar-refractivity contribution in [2.75, 3.05) is 19.8 Å². The highest BCUT2D eigenvalue weighted by Crippen LogP contribution is 2.45. The number of nitrogens with zero attached hydrogens (tertiary/aromatic N) is 1. The summed E-state index contributed by atoms with van der Waals surface area (Å²) in [5, 5.41) is 13.9. The number of furan rings is 1. The van der Waals surface area contributed by atoms with Crippen LogP contribution in [0.5, 0.6) is 5.75 Å². The van der Waals surface area contributed by atoms with Gasteiger partial charge < -0.3 is 24.3 Å². The first-order chi connectivity index (χ1) is 15.1. The van der Waals surface area contributed by atoms with Crippen LogP contribution in [0.2, 0.25) is 0 Å². The number of benzene rings is 1. The van der Waals surface area contributed by atoms with Crippen LogP contribution in [0.25, 0.3) is 11.0 Å². The van der Waals surface area contributed by atoms with Crippen molar-refractivity contribution >= 4 is 28.2 Å². The molecule has 5 rings (SSSR count). The average molecular weight is 443 g/mol. The molecule has 0 bridgehead atoms. The molecule has 2 N–H and O–H groups in total. The SMILES string of the molecule is Cc1ncsc1COc1ccc2oc(C3CC3)c(C(=O)NC3(CO)CCOCC3)c2c1. The Balaban J connectivity index is 1.45. The fraction of sp³-hybridized carbons (Fsp3) is 0.478. The van der Waals surface area contributed by atoms with Crippen molar-refractivity contribution in [2.24, 2.45) is 0 Å². The molecule has 2 aromatic heterocycles. The Kier molecular flexibility index (Phi) is 5.45. The molecule has 1 saturated carbocycles. The number of amides is 1. The first-order valence-corrected chi connectivity index (χ1v) is 11.6. The molecule has 8 heteroatoms. The number of hydrogen-bond acceptors (Lipinski definition) is 7. The summed E-state index contributed by atoms with van der Waals surface area (Å²) in [6.07, 6.45) is 3.22. The molecular formula is C23H26N2O5S. The van der Waals surface area contributed by atoms with E-state index in [4.69, 9.17) is 13.9 Å². The number of ether oxygens (including phenoxy) is 2. The number of rotatable bonds is 7. The molecule has 0 atom stereocenters. The predicted molar refractivity (Wildman–Crippen MR) is 117 cm³/mol. The Bertz CT molecular complexity index is 1090. The lowest BCUT2D eigenvalue weighted by Crippen LogP contribution is -2.54. The number of nitrogens with one attached hydrogen (secondary N) is 1. The monoisotopic (exact) mass is 442 g/mol. The number of carbonyl (C=O) groups is 1. The van der Waals surface area contributed by atoms with Gasteiger partial charge in [0.1, 0.15) is 23.7 Å². The summed E-state index contributed by atoms with van der Waals surface area (Å²) in [5.74, 6) is 1.49. The maximum absolute atomic E-state index is 13.4. The van der Waals surface area contributed by atoms with Gasteiger partial charge in [-0.25, -0.2) is 4.98 Å². The van der Waals surface area contributed by atoms with Crippen molar-refractivity contribution in [2.45, 2.75) is 50.7 Å². The van der Waals surface area contributed by atoms with E-state index in [9.17, 15) is 9.90 Å². The first kappa shape index (κ1) is 20.5. The molecule has 3 aromatic rings. The maximum atomic E-state index is 13.4. The number of aromatic nitrogens is 1. The number of aryl methyl sites for hydroxylation is 1. The van der Waals surface area contributed by atoms with E-state index in [2.05, 4.69) is 10.3 Å². The number of aliphatic hydroxyl groups is 1. The summed E-state index contributed by atoms with van der Waals surface area (Å²) in [4.78, 5) is 18.8. The van der Waals surface area contributed by atoms with E-state index in [1.807, 2.05) is 30.6 Å². The third kappa shape index (κ3) is 4.07. The maximum Gasteiger partial charge on any atom is 0.255 e. The van der Waals surface area contributed by atoms with Crippen LogP contribution in [-0.4, -0.2) is 41.4 Å². The van der Waals surface area contributed by atoms with Crippen molar-refractivity contribution in [1.82, 2.24) is 10.3 Å². The molecule has 0 spiro atoms. The molecule has 7 nitrogen and oxygen atoms in total. The van der Waals surface area contributed by atoms with Gasteiger partial charge in [-0.3, -0.25) is 4.79 Å². The molecule has 31 heavy (non-hydrogen) atoms. The summed E-state index contributed by atoms with van der Waals surface area (Å²) in [6, 6.07) is 5.61. The Morgan fingerprint density at radius 3 is 2.84 bits per heavy atom. The van der Waals surface area contributed by atoms with E-state index < -0.39 is 5.54 Å². The molecule has 0 unspecified atom stereocenters. The Labute approximate surface area is 184 Å². The number of thiazole rings is 1. The molecule has 2 fully saturated rings. The van der Waals surface area contributed by atoms with Crippen LogP contribution in [0.4, 0.5) is 0 Å². The van der Waals surface area contributed by atoms with Crippen LogP contribution < -0.4 is 10.1 Å². The van der Waals surface area contributed by atoms with Gasteiger partial charge in [0.15, 0.2) is 0 Å². The standard InChI is InChI=1S/C23H26N2O5S/c1-14-19(31-13-24-14)11-29-16-4-5-18-17(10-16)20(21(30-18)15-2-3-15)22(27)25-23(12-26)6-8-28-9-7-23/h4-5,10,13,15,26H,2-3,6-9,11-12H2,1H3,(H,25,27). The fourth-order valence-corrected chi connectivity index (χ4v) is 4.74. The third-order valence-corrected chi connectivity index (χ3v) is 7.12. The average Bonchev–Trinajstić information content (AvgIpc) is 3.44. The van der Waals surface area contributed by atoms with Crippen molar-refractivity contribution in [3.05, 3.63) is 45.6 Å². The molecule has 2 aliphatic rings. The highest BCUT2D eigenvalue weighted by atomic mass is 32.1. The third-order valence-electron chi connectivity index (χ3n) is 6.21. The van der Waals surface area contributed by atoms with Crippen molar-refractivity contribution in [3.63, 3.8) is 0 Å². The van der Waals surface area contributed by atoms with Gasteiger partial charge >= 0.3 is 0 Å². The van der Waals surface area contributed by atoms with E-state index in [1.54, 1.807) is 11.3 Å². The summed E-state index contributed by atoms with van der Waals surface area (Å²) < 4.78 is 17.5. The van der Waals surface area contributed by atoms with E-state index in [0.717, 1.165) is 34.6 Å². The van der Waals surface area contributed by atoms with Gasteiger partial charge in [0.25, 0.3) is 5.91 Å². The predicted octanol–water partition coefficient (Wildman–Crippen LogP) is 3.93. The van der Waals surface area contributed by atoms with Crippen LogP contribution in [0.1, 0.15) is 58.3 Å². The Hall–Kier alpha value is -2.42. The second-order valence-electron chi connectivity index (χ2n) is 8.43. The van der Waals surface area contributed by atoms with Crippen LogP contribution in [0, 0.1) is 6.92 Å². The molecule has 1 aliphatic carbocycles. The van der Waals surface area contributed by atoms with Crippen LogP contribution in [-0.2, 0) is 11.3 Å². The number of hydrogen-bond donors (Lipinski definition) is 2. The molecule has 1 aromatic carbocycles. The molecule has 1 aliphatic heterocycles. The normalized spacial score (nSPS) is 18.3. The molecule has 1 saturated heterocycles. The zero-order valence-corrected chi connectivity index (χ0v) is 18.3. The lowest BCUT2D eigenvalue weighted by Gasteiger charge is -2.36. The smallest absolute Gasteiger partial charge is 0.255 e. The highest BCUT2D eigenvalue weighted by Gasteiger charge is 2.38. The quantitative estimate of drug-likeness (QED) is 0.576. The second-order valence-corrected chi connectivity index (χ2v) is 9.37. The van der Waals surface area contributed by atoms with Gasteiger partial charge in [-0.1, -0.05) is 0 Å². The Morgan fingerprint density at radius 1 is 1.35 bits per heavy atom. The number of carbonyl (C=O) groups excluding carboxylic acids is 1. The molecular weight excluding hydrogens is 416 g/mol. The molecule has 3 heterocycles. The minimum absolute atomic E-state index is 0.112. The lowest BCUT2D eigenvalue weighted by molar-refractivity contribution is 0.0125. The Morgan fingerprint density at radius 2 is 2.16 bits per heavy atom. The molecule has 164 valence electrons. The van der Waals surface area contributed by atoms with Gasteiger partial charge in [-0.2, -0.15) is 0 Å². The van der Waals surface area contributed by atoms with Crippen LogP contribution in [0.15, 0.2) is 28.1 Å². The summed E-state index contributed by atoms with van der Waals surface area (Å²) in [5.41, 5.74) is 3.37. The summed E-state index contributed by atoms with van der Waals surface area (Å²) in [6.45, 7) is 3.34. The largest absolute Gasteiger partial charge is 0.488 e. The topological polar surface area (TPSA) is 93.8 Å². The van der Waals surface area contributed by atoms with Crippen molar-refractivity contribution in [3.8, 4) is 5.75 Å². The molecule has 1 amide bonds. The van der Waals surface area contributed by atoms with Crippen molar-refractivity contribution in [1.29, 1.82) is 0 Å². The lowest BCUT2D eigenvalue weighted by atomic mass is 9.90. The van der Waals surface area contributed by atoms with Crippen molar-refractivity contribution < 1.29 is 23.8 Å². The minimum atomic E-state index is -0.655. The van der Waals surface area contributed by atoms with Crippen LogP contribution in [0.3, 0.4) is 0 Å². The first-order valence-electron chi connectivity index (χ1n) is 10.7. The van der Waals surface area contributed by atoms with E-state index in [0.29, 0.717) is 49.6 Å². The zero-order valence-electron chi connectivity index (χ0n) is 17.5.